The molecule has 1 aliphatic carbocycles. The fraction of sp³-hybridized carbons (Fsp3) is 0.571. The molecule has 1 amide bonds. The van der Waals surface area contributed by atoms with Gasteiger partial charge in [-0.25, -0.2) is 18.3 Å². The summed E-state index contributed by atoms with van der Waals surface area (Å²) in [5.41, 5.74) is 1.70. The molecule has 2 rings (SSSR count). The summed E-state index contributed by atoms with van der Waals surface area (Å²) in [6.45, 7) is 1.21. The van der Waals surface area contributed by atoms with Crippen LogP contribution in [0.5, 0.6) is 0 Å². The lowest BCUT2D eigenvalue weighted by atomic mass is 10.0. The molecule has 1 fully saturated rings. The molecule has 128 valence electrons. The zero-order valence-corrected chi connectivity index (χ0v) is 13.7. The number of aryl methyl sites for hydroxylation is 1. The van der Waals surface area contributed by atoms with Gasteiger partial charge >= 0.3 is 0 Å². The van der Waals surface area contributed by atoms with E-state index >= 15 is 0 Å². The topological polar surface area (TPSA) is 110 Å². The van der Waals surface area contributed by atoms with Crippen LogP contribution in [0.25, 0.3) is 5.83 Å². The Labute approximate surface area is 133 Å². The smallest absolute Gasteiger partial charge is 0.264 e. The molecule has 1 aliphatic rings. The Balaban J connectivity index is 2.10. The van der Waals surface area contributed by atoms with Gasteiger partial charge in [0.25, 0.3) is 5.91 Å². The summed E-state index contributed by atoms with van der Waals surface area (Å²) in [4.78, 5) is 11.7. The van der Waals surface area contributed by atoms with Crippen LogP contribution in [0, 0.1) is 5.92 Å². The molecular weight excluding hydrogens is 327 g/mol. The number of allylic oxidation sites excluding steroid dienone is 1. The normalized spacial score (nSPS) is 18.5. The van der Waals surface area contributed by atoms with Gasteiger partial charge in [-0.05, 0) is 44.6 Å². The number of sulfone groups is 1. The van der Waals surface area contributed by atoms with Gasteiger partial charge in [0.15, 0.2) is 21.4 Å². The minimum absolute atomic E-state index is 0.0143. The van der Waals surface area contributed by atoms with E-state index in [0.29, 0.717) is 5.69 Å². The molecule has 9 heteroatoms. The fourth-order valence-electron chi connectivity index (χ4n) is 2.05. The van der Waals surface area contributed by atoms with Crippen LogP contribution in [-0.2, 0) is 21.1 Å². The Morgan fingerprint density at radius 1 is 1.61 bits per heavy atom. The third-order valence-corrected chi connectivity index (χ3v) is 6.08. The zero-order valence-electron chi connectivity index (χ0n) is 12.9. The van der Waals surface area contributed by atoms with Gasteiger partial charge in [-0.3, -0.25) is 10.0 Å². The van der Waals surface area contributed by atoms with Crippen LogP contribution < -0.4 is 5.48 Å². The summed E-state index contributed by atoms with van der Waals surface area (Å²) in [5.74, 6) is -1.29. The molecule has 1 saturated carbocycles. The monoisotopic (exact) mass is 346 g/mol. The number of aromatic nitrogens is 1. The van der Waals surface area contributed by atoms with Crippen LogP contribution in [0.15, 0.2) is 16.7 Å². The Hall–Kier alpha value is -1.74. The van der Waals surface area contributed by atoms with Crippen LogP contribution in [0.3, 0.4) is 0 Å². The highest BCUT2D eigenvalue weighted by Crippen LogP contribution is 2.34. The van der Waals surface area contributed by atoms with Crippen molar-refractivity contribution in [2.75, 3.05) is 6.26 Å². The summed E-state index contributed by atoms with van der Waals surface area (Å²) in [7, 11) is -3.78. The highest BCUT2D eigenvalue weighted by Gasteiger charge is 2.43. The first-order valence-electron chi connectivity index (χ1n) is 7.15. The molecule has 0 unspecified atom stereocenters. The lowest BCUT2D eigenvalue weighted by Gasteiger charge is -2.24. The molecule has 1 heterocycles. The number of carbonyl (C=O) groups excluding carboxylic acids is 1. The summed E-state index contributed by atoms with van der Waals surface area (Å²) < 4.78 is 40.6. The summed E-state index contributed by atoms with van der Waals surface area (Å²) in [6.07, 6.45) is 4.25. The van der Waals surface area contributed by atoms with E-state index in [2.05, 4.69) is 5.16 Å². The number of hydrogen-bond acceptors (Lipinski definition) is 6. The van der Waals surface area contributed by atoms with Gasteiger partial charge in [0.05, 0.1) is 5.69 Å². The van der Waals surface area contributed by atoms with E-state index in [1.807, 2.05) is 0 Å². The second-order valence-electron chi connectivity index (χ2n) is 5.98. The molecule has 0 spiro atoms. The van der Waals surface area contributed by atoms with E-state index in [9.17, 15) is 17.6 Å². The Kier molecular flexibility index (Phi) is 4.90. The summed E-state index contributed by atoms with van der Waals surface area (Å²) in [6, 6.07) is 1.38. The van der Waals surface area contributed by atoms with Gasteiger partial charge in [-0.2, -0.15) is 0 Å². The van der Waals surface area contributed by atoms with Crippen molar-refractivity contribution in [1.29, 1.82) is 0 Å². The molecule has 2 N–H and O–H groups in total. The number of hydrogen-bond donors (Lipinski definition) is 2. The Morgan fingerprint density at radius 3 is 2.78 bits per heavy atom. The third-order valence-electron chi connectivity index (χ3n) is 4.06. The van der Waals surface area contributed by atoms with E-state index in [-0.39, 0.29) is 24.5 Å². The summed E-state index contributed by atoms with van der Waals surface area (Å²) >= 11 is 0. The number of hydroxylamine groups is 1. The van der Waals surface area contributed by atoms with E-state index in [0.717, 1.165) is 19.1 Å². The molecule has 23 heavy (non-hydrogen) atoms. The first-order chi connectivity index (χ1) is 10.7. The molecule has 1 atom stereocenters. The van der Waals surface area contributed by atoms with Crippen molar-refractivity contribution in [3.8, 4) is 0 Å². The molecule has 0 bridgehead atoms. The van der Waals surface area contributed by atoms with E-state index in [1.54, 1.807) is 0 Å². The minimum atomic E-state index is -3.78. The van der Waals surface area contributed by atoms with E-state index < -0.39 is 26.3 Å². The summed E-state index contributed by atoms with van der Waals surface area (Å²) in [5, 5.41) is 12.4. The van der Waals surface area contributed by atoms with Gasteiger partial charge in [-0.1, -0.05) is 5.16 Å². The molecular formula is C14H19FN2O5S. The number of carbonyl (C=O) groups is 1. The van der Waals surface area contributed by atoms with Crippen molar-refractivity contribution in [2.45, 2.75) is 37.4 Å². The van der Waals surface area contributed by atoms with Crippen molar-refractivity contribution >= 4 is 21.6 Å². The molecule has 1 aromatic rings. The van der Waals surface area contributed by atoms with E-state index in [1.165, 1.54) is 24.5 Å². The van der Waals surface area contributed by atoms with Crippen molar-refractivity contribution < 1.29 is 27.3 Å². The van der Waals surface area contributed by atoms with Gasteiger partial charge in [0, 0.05) is 12.3 Å². The van der Waals surface area contributed by atoms with Crippen molar-refractivity contribution in [2.24, 2.45) is 5.92 Å². The average Bonchev–Trinajstić information content (AvgIpc) is 3.16. The first kappa shape index (κ1) is 17.6. The Morgan fingerprint density at radius 2 is 2.26 bits per heavy atom. The maximum absolute atomic E-state index is 13.8. The molecule has 1 aromatic heterocycles. The number of nitrogens with zero attached hydrogens (tertiary/aromatic N) is 1. The number of amides is 1. The van der Waals surface area contributed by atoms with Crippen LogP contribution in [0.1, 0.15) is 37.6 Å². The number of nitrogens with one attached hydrogen (secondary N) is 1. The predicted octanol–water partition coefficient (Wildman–Crippen LogP) is 1.64. The van der Waals surface area contributed by atoms with Crippen LogP contribution >= 0.6 is 0 Å². The first-order valence-corrected chi connectivity index (χ1v) is 9.04. The second kappa shape index (κ2) is 6.40. The zero-order chi connectivity index (χ0) is 17.3. The quantitative estimate of drug-likeness (QED) is 0.574. The van der Waals surface area contributed by atoms with Crippen molar-refractivity contribution in [3.63, 3.8) is 0 Å². The Bertz CT molecular complexity index is 723. The highest BCUT2D eigenvalue weighted by atomic mass is 32.2. The van der Waals surface area contributed by atoms with Gasteiger partial charge in [0.2, 0.25) is 0 Å². The van der Waals surface area contributed by atoms with Crippen molar-refractivity contribution in [1.82, 2.24) is 10.6 Å². The molecule has 0 aromatic carbocycles. The number of halogens is 1. The molecule has 7 nitrogen and oxygen atoms in total. The third kappa shape index (κ3) is 3.97. The molecule has 0 aliphatic heterocycles. The van der Waals surface area contributed by atoms with Crippen LogP contribution in [-0.4, -0.2) is 35.7 Å². The molecule has 0 saturated heterocycles. The highest BCUT2D eigenvalue weighted by molar-refractivity contribution is 7.92. The number of rotatable bonds is 7. The lowest BCUT2D eigenvalue weighted by Crippen LogP contribution is -2.49. The predicted molar refractivity (Wildman–Crippen MR) is 79.8 cm³/mol. The van der Waals surface area contributed by atoms with Crippen LogP contribution in [0.4, 0.5) is 4.39 Å². The van der Waals surface area contributed by atoms with Gasteiger partial charge < -0.3 is 4.52 Å². The van der Waals surface area contributed by atoms with E-state index in [4.69, 9.17) is 9.73 Å². The SMILES string of the molecule is C[C@@](CCc1cc(/C(F)=C\C2CC2)on1)(C(=O)NO)S(C)(=O)=O. The van der Waals surface area contributed by atoms with Crippen molar-refractivity contribution in [3.05, 3.63) is 23.6 Å². The largest absolute Gasteiger partial charge is 0.354 e. The second-order valence-corrected chi connectivity index (χ2v) is 8.42. The minimum Gasteiger partial charge on any atom is -0.354 e. The fourth-order valence-corrected chi connectivity index (χ4v) is 2.90. The van der Waals surface area contributed by atoms with Gasteiger partial charge in [0.1, 0.15) is 4.75 Å². The molecule has 0 radical (unpaired) electrons. The van der Waals surface area contributed by atoms with Crippen LogP contribution in [0.2, 0.25) is 0 Å². The average molecular weight is 346 g/mol. The maximum atomic E-state index is 13.8. The standard InChI is InChI=1S/C14H19FN2O5S/c1-14(13(18)16-19,23(2,20)21)6-5-10-8-12(22-17-10)11(15)7-9-3-4-9/h7-9,19H,3-6H2,1-2H3,(H,16,18)/b11-7+/t14-/m1/s1. The lowest BCUT2D eigenvalue weighted by molar-refractivity contribution is -0.131. The van der Waals surface area contributed by atoms with Gasteiger partial charge in [-0.15, -0.1) is 0 Å². The maximum Gasteiger partial charge on any atom is 0.264 e.